The Balaban J connectivity index is 3.33. The number of esters is 2. The fourth-order valence-electron chi connectivity index (χ4n) is 5.19. The predicted molar refractivity (Wildman–Crippen MR) is 167 cm³/mol. The van der Waals surface area contributed by atoms with Crippen LogP contribution in [0, 0.1) is 0 Å². The Hall–Kier alpha value is -1.06. The maximum absolute atomic E-state index is 12.0. The standard InChI is InChI=1S/C35H68O4/c1-4-7-9-10-11-12-13-14-15-16-17-18-21-24-28-32-38-34(36)30-26-22-19-20-23-27-31-35(37)39-33(6-3)29-25-8-5-2/h33H,4-32H2,1-3H3. The van der Waals surface area contributed by atoms with E-state index >= 15 is 0 Å². The molecule has 0 aliphatic rings. The van der Waals surface area contributed by atoms with Crippen molar-refractivity contribution in [3.8, 4) is 0 Å². The van der Waals surface area contributed by atoms with E-state index in [1.165, 1.54) is 103 Å². The lowest BCUT2D eigenvalue weighted by molar-refractivity contribution is -0.149. The summed E-state index contributed by atoms with van der Waals surface area (Å²) in [5.74, 6) is -0.0669. The third-order valence-electron chi connectivity index (χ3n) is 7.91. The molecular weight excluding hydrogens is 484 g/mol. The molecule has 0 fully saturated rings. The van der Waals surface area contributed by atoms with Crippen LogP contribution in [0.1, 0.15) is 201 Å². The average molecular weight is 553 g/mol. The summed E-state index contributed by atoms with van der Waals surface area (Å²) in [5.41, 5.74) is 0. The molecule has 0 spiro atoms. The van der Waals surface area contributed by atoms with E-state index in [9.17, 15) is 9.59 Å². The highest BCUT2D eigenvalue weighted by molar-refractivity contribution is 5.69. The van der Waals surface area contributed by atoms with E-state index in [-0.39, 0.29) is 18.0 Å². The number of carbonyl (C=O) groups excluding carboxylic acids is 2. The van der Waals surface area contributed by atoms with Gasteiger partial charge in [0.1, 0.15) is 6.10 Å². The van der Waals surface area contributed by atoms with E-state index in [2.05, 4.69) is 20.8 Å². The summed E-state index contributed by atoms with van der Waals surface area (Å²) >= 11 is 0. The number of hydrogen-bond donors (Lipinski definition) is 0. The Morgan fingerprint density at radius 1 is 0.462 bits per heavy atom. The summed E-state index contributed by atoms with van der Waals surface area (Å²) in [6.45, 7) is 7.16. The molecule has 1 unspecified atom stereocenters. The number of carbonyl (C=O) groups is 2. The fraction of sp³-hybridized carbons (Fsp3) is 0.943. The van der Waals surface area contributed by atoms with Gasteiger partial charge in [-0.3, -0.25) is 9.59 Å². The zero-order valence-corrected chi connectivity index (χ0v) is 26.7. The van der Waals surface area contributed by atoms with E-state index in [1.54, 1.807) is 0 Å². The quantitative estimate of drug-likeness (QED) is 0.0634. The highest BCUT2D eigenvalue weighted by Crippen LogP contribution is 2.15. The second-order valence-electron chi connectivity index (χ2n) is 11.8. The lowest BCUT2D eigenvalue weighted by Crippen LogP contribution is -2.17. The van der Waals surface area contributed by atoms with Crippen LogP contribution in [0.25, 0.3) is 0 Å². The second-order valence-corrected chi connectivity index (χ2v) is 11.8. The van der Waals surface area contributed by atoms with Gasteiger partial charge < -0.3 is 9.47 Å². The molecule has 0 aliphatic carbocycles. The first-order chi connectivity index (χ1) is 19.1. The Bertz CT molecular complexity index is 519. The predicted octanol–water partition coefficient (Wildman–Crippen LogP) is 11.4. The highest BCUT2D eigenvalue weighted by atomic mass is 16.5. The van der Waals surface area contributed by atoms with Crippen LogP contribution in [0.5, 0.6) is 0 Å². The number of unbranched alkanes of at least 4 members (excludes halogenated alkanes) is 21. The van der Waals surface area contributed by atoms with Gasteiger partial charge in [0.25, 0.3) is 0 Å². The van der Waals surface area contributed by atoms with Crippen molar-refractivity contribution in [3.05, 3.63) is 0 Å². The molecule has 4 heteroatoms. The molecule has 0 radical (unpaired) electrons. The van der Waals surface area contributed by atoms with Crippen molar-refractivity contribution in [1.29, 1.82) is 0 Å². The molecule has 0 aromatic rings. The van der Waals surface area contributed by atoms with Gasteiger partial charge in [-0.15, -0.1) is 0 Å². The second kappa shape index (κ2) is 31.5. The van der Waals surface area contributed by atoms with Crippen molar-refractivity contribution < 1.29 is 19.1 Å². The SMILES string of the molecule is CCCCCCCCCCCCCCCCCOC(=O)CCCCCCCCC(=O)OC(CC)CCCCC. The Morgan fingerprint density at radius 2 is 0.846 bits per heavy atom. The molecule has 0 bridgehead atoms. The van der Waals surface area contributed by atoms with E-state index in [0.29, 0.717) is 19.4 Å². The van der Waals surface area contributed by atoms with Gasteiger partial charge in [0.15, 0.2) is 0 Å². The fourth-order valence-corrected chi connectivity index (χ4v) is 5.19. The topological polar surface area (TPSA) is 52.6 Å². The molecule has 0 rings (SSSR count). The van der Waals surface area contributed by atoms with E-state index in [0.717, 1.165) is 64.2 Å². The van der Waals surface area contributed by atoms with Crippen LogP contribution in [-0.4, -0.2) is 24.6 Å². The van der Waals surface area contributed by atoms with Crippen LogP contribution < -0.4 is 0 Å². The minimum absolute atomic E-state index is 0.0322. The van der Waals surface area contributed by atoms with E-state index in [4.69, 9.17) is 9.47 Å². The van der Waals surface area contributed by atoms with Crippen molar-refractivity contribution in [1.82, 2.24) is 0 Å². The van der Waals surface area contributed by atoms with Crippen LogP contribution in [0.3, 0.4) is 0 Å². The first kappa shape index (κ1) is 37.9. The van der Waals surface area contributed by atoms with Crippen LogP contribution >= 0.6 is 0 Å². The number of rotatable bonds is 31. The molecule has 232 valence electrons. The smallest absolute Gasteiger partial charge is 0.306 e. The summed E-state index contributed by atoms with van der Waals surface area (Å²) in [6, 6.07) is 0. The Morgan fingerprint density at radius 3 is 1.31 bits per heavy atom. The molecular formula is C35H68O4. The van der Waals surface area contributed by atoms with Crippen molar-refractivity contribution >= 4 is 11.9 Å². The molecule has 39 heavy (non-hydrogen) atoms. The first-order valence-corrected chi connectivity index (χ1v) is 17.5. The zero-order chi connectivity index (χ0) is 28.7. The van der Waals surface area contributed by atoms with Gasteiger partial charge in [-0.1, -0.05) is 149 Å². The van der Waals surface area contributed by atoms with Crippen LogP contribution in [0.15, 0.2) is 0 Å². The minimum Gasteiger partial charge on any atom is -0.466 e. The molecule has 0 saturated carbocycles. The van der Waals surface area contributed by atoms with Crippen molar-refractivity contribution in [2.45, 2.75) is 207 Å². The monoisotopic (exact) mass is 553 g/mol. The molecule has 0 amide bonds. The zero-order valence-electron chi connectivity index (χ0n) is 26.7. The molecule has 0 heterocycles. The van der Waals surface area contributed by atoms with Crippen molar-refractivity contribution in [3.63, 3.8) is 0 Å². The van der Waals surface area contributed by atoms with Gasteiger partial charge in [0.05, 0.1) is 6.61 Å². The first-order valence-electron chi connectivity index (χ1n) is 17.5. The Labute approximate surface area is 244 Å². The van der Waals surface area contributed by atoms with Gasteiger partial charge in [-0.2, -0.15) is 0 Å². The Kier molecular flexibility index (Phi) is 30.6. The van der Waals surface area contributed by atoms with Crippen LogP contribution in [0.2, 0.25) is 0 Å². The van der Waals surface area contributed by atoms with Crippen LogP contribution in [-0.2, 0) is 19.1 Å². The minimum atomic E-state index is -0.0347. The van der Waals surface area contributed by atoms with Gasteiger partial charge >= 0.3 is 11.9 Å². The molecule has 0 N–H and O–H groups in total. The average Bonchev–Trinajstić information content (AvgIpc) is 2.93. The number of hydrogen-bond acceptors (Lipinski definition) is 4. The van der Waals surface area contributed by atoms with E-state index < -0.39 is 0 Å². The molecule has 0 aromatic carbocycles. The third-order valence-corrected chi connectivity index (χ3v) is 7.91. The summed E-state index contributed by atoms with van der Waals surface area (Å²) < 4.78 is 11.0. The molecule has 1 atom stereocenters. The lowest BCUT2D eigenvalue weighted by atomic mass is 10.0. The molecule has 0 aliphatic heterocycles. The summed E-state index contributed by atoms with van der Waals surface area (Å²) in [4.78, 5) is 24.0. The third kappa shape index (κ3) is 29.7. The number of ether oxygens (including phenoxy) is 2. The van der Waals surface area contributed by atoms with Gasteiger partial charge in [-0.25, -0.2) is 0 Å². The van der Waals surface area contributed by atoms with Crippen molar-refractivity contribution in [2.24, 2.45) is 0 Å². The molecule has 0 aromatic heterocycles. The van der Waals surface area contributed by atoms with Gasteiger partial charge in [0.2, 0.25) is 0 Å². The maximum atomic E-state index is 12.0. The van der Waals surface area contributed by atoms with Gasteiger partial charge in [0, 0.05) is 12.8 Å². The summed E-state index contributed by atoms with van der Waals surface area (Å²) in [7, 11) is 0. The van der Waals surface area contributed by atoms with Gasteiger partial charge in [-0.05, 0) is 38.5 Å². The summed E-state index contributed by atoms with van der Waals surface area (Å²) in [5, 5.41) is 0. The lowest BCUT2D eigenvalue weighted by Gasteiger charge is -2.16. The largest absolute Gasteiger partial charge is 0.466 e. The van der Waals surface area contributed by atoms with E-state index in [1.807, 2.05) is 0 Å². The summed E-state index contributed by atoms with van der Waals surface area (Å²) in [6.07, 6.45) is 33.1. The maximum Gasteiger partial charge on any atom is 0.306 e. The van der Waals surface area contributed by atoms with Crippen LogP contribution in [0.4, 0.5) is 0 Å². The molecule has 4 nitrogen and oxygen atoms in total. The normalized spacial score (nSPS) is 12.0. The molecule has 0 saturated heterocycles. The highest BCUT2D eigenvalue weighted by Gasteiger charge is 2.12. The van der Waals surface area contributed by atoms with Crippen molar-refractivity contribution in [2.75, 3.05) is 6.61 Å².